The number of aromatic nitrogens is 1. The number of ether oxygens (including phenoxy) is 1. The molecule has 198 valence electrons. The minimum Gasteiger partial charge on any atom is -0.490 e. The van der Waals surface area contributed by atoms with Crippen LogP contribution < -0.4 is 14.4 Å². The molecule has 0 radical (unpaired) electrons. The predicted molar refractivity (Wildman–Crippen MR) is 152 cm³/mol. The van der Waals surface area contributed by atoms with Crippen molar-refractivity contribution in [3.63, 3.8) is 0 Å². The first-order valence-corrected chi connectivity index (χ1v) is 14.9. The molecule has 0 saturated carbocycles. The van der Waals surface area contributed by atoms with Crippen molar-refractivity contribution < 1.29 is 22.4 Å². The Morgan fingerprint density at radius 3 is 2.74 bits per heavy atom. The van der Waals surface area contributed by atoms with Crippen molar-refractivity contribution in [3.8, 4) is 17.2 Å². The van der Waals surface area contributed by atoms with Crippen LogP contribution in [0, 0.1) is 0 Å². The van der Waals surface area contributed by atoms with E-state index < -0.39 is 10.0 Å². The first-order valence-electron chi connectivity index (χ1n) is 12.6. The first-order chi connectivity index (χ1) is 18.9. The van der Waals surface area contributed by atoms with Gasteiger partial charge < -0.3 is 9.15 Å². The summed E-state index contributed by atoms with van der Waals surface area (Å²) in [5, 5.41) is 5.90. The first kappa shape index (κ1) is 25.1. The zero-order chi connectivity index (χ0) is 27.0. The number of thiazole rings is 1. The smallest absolute Gasteiger partial charge is 0.264 e. The third kappa shape index (κ3) is 4.77. The van der Waals surface area contributed by atoms with Gasteiger partial charge in [-0.2, -0.15) is 0 Å². The quantitative estimate of drug-likeness (QED) is 0.249. The maximum absolute atomic E-state index is 13.4. The summed E-state index contributed by atoms with van der Waals surface area (Å²) in [5.74, 6) is 0.856. The number of benzene rings is 3. The molecule has 0 aliphatic carbocycles. The molecule has 0 saturated heterocycles. The number of furan rings is 1. The second-order valence-electron chi connectivity index (χ2n) is 9.04. The lowest BCUT2D eigenvalue weighted by molar-refractivity contribution is 0.102. The number of fused-ring (bicyclic) bond motifs is 2. The molecule has 5 aromatic rings. The van der Waals surface area contributed by atoms with E-state index in [-0.39, 0.29) is 10.8 Å². The molecular weight excluding hydrogens is 534 g/mol. The molecule has 2 aromatic heterocycles. The molecule has 0 unspecified atom stereocenters. The van der Waals surface area contributed by atoms with E-state index in [1.165, 1.54) is 39.9 Å². The van der Waals surface area contributed by atoms with E-state index in [1.807, 2.05) is 55.5 Å². The zero-order valence-corrected chi connectivity index (χ0v) is 22.7. The second-order valence-corrected chi connectivity index (χ2v) is 11.8. The van der Waals surface area contributed by atoms with Crippen LogP contribution >= 0.6 is 11.3 Å². The fourth-order valence-corrected chi connectivity index (χ4v) is 6.94. The molecule has 3 aromatic carbocycles. The summed E-state index contributed by atoms with van der Waals surface area (Å²) in [6.07, 6.45) is 1.61. The average molecular weight is 560 g/mol. The number of sulfonamides is 1. The highest BCUT2D eigenvalue weighted by atomic mass is 32.2. The van der Waals surface area contributed by atoms with Gasteiger partial charge in [-0.1, -0.05) is 30.3 Å². The van der Waals surface area contributed by atoms with Gasteiger partial charge in [0.25, 0.3) is 15.9 Å². The Morgan fingerprint density at radius 1 is 1.10 bits per heavy atom. The average Bonchev–Trinajstić information content (AvgIpc) is 3.61. The van der Waals surface area contributed by atoms with Crippen LogP contribution in [0.5, 0.6) is 5.75 Å². The third-order valence-electron chi connectivity index (χ3n) is 6.56. The Bertz CT molecular complexity index is 1770. The Balaban J connectivity index is 1.18. The van der Waals surface area contributed by atoms with Crippen molar-refractivity contribution in [1.82, 2.24) is 4.98 Å². The lowest BCUT2D eigenvalue weighted by atomic mass is 10.0. The van der Waals surface area contributed by atoms with Gasteiger partial charge in [-0.25, -0.2) is 13.4 Å². The Kier molecular flexibility index (Phi) is 6.58. The normalized spacial score (nSPS) is 13.3. The van der Waals surface area contributed by atoms with Crippen molar-refractivity contribution in [2.75, 3.05) is 22.8 Å². The van der Waals surface area contributed by atoms with E-state index in [0.717, 1.165) is 23.8 Å². The highest BCUT2D eigenvalue weighted by Crippen LogP contribution is 2.35. The standard InChI is InChI=1S/C29H25N3O5S2/c1-2-36-25-11-5-8-21-17-26(37-27(21)25)23-18-38-29(30-23)31-28(33)20-12-14-22(15-13-20)39(34,35)32-16-6-9-19-7-3-4-10-24(19)32/h3-5,7-8,10-15,17-18H,2,6,9,16H2,1H3,(H,30,31,33). The molecule has 3 heterocycles. The minimum absolute atomic E-state index is 0.142. The molecule has 0 spiro atoms. The van der Waals surface area contributed by atoms with E-state index in [9.17, 15) is 13.2 Å². The number of amides is 1. The lowest BCUT2D eigenvalue weighted by Crippen LogP contribution is -2.35. The Labute approximate surface area is 229 Å². The molecule has 1 aliphatic heterocycles. The van der Waals surface area contributed by atoms with Crippen LogP contribution in [0.4, 0.5) is 10.8 Å². The number of nitrogens with one attached hydrogen (secondary N) is 1. The van der Waals surface area contributed by atoms with E-state index in [0.29, 0.717) is 52.3 Å². The van der Waals surface area contributed by atoms with Crippen molar-refractivity contribution in [2.24, 2.45) is 0 Å². The van der Waals surface area contributed by atoms with Crippen LogP contribution in [0.25, 0.3) is 22.4 Å². The number of nitrogens with zero attached hydrogens (tertiary/aromatic N) is 2. The maximum Gasteiger partial charge on any atom is 0.264 e. The van der Waals surface area contributed by atoms with E-state index >= 15 is 0 Å². The second kappa shape index (κ2) is 10.2. The summed E-state index contributed by atoms with van der Waals surface area (Å²) < 4.78 is 39.9. The number of carbonyl (C=O) groups excluding carboxylic acids is 1. The number of hydrogen-bond donors (Lipinski definition) is 1. The van der Waals surface area contributed by atoms with Gasteiger partial charge in [0.2, 0.25) is 0 Å². The van der Waals surface area contributed by atoms with Crippen LogP contribution in [-0.2, 0) is 16.4 Å². The topological polar surface area (TPSA) is 102 Å². The summed E-state index contributed by atoms with van der Waals surface area (Å²) in [6.45, 7) is 2.87. The number of anilines is 2. The Hall–Kier alpha value is -4.15. The number of aryl methyl sites for hydroxylation is 1. The van der Waals surface area contributed by atoms with Gasteiger partial charge in [-0.15, -0.1) is 11.3 Å². The van der Waals surface area contributed by atoms with Gasteiger partial charge in [0, 0.05) is 22.9 Å². The molecule has 0 bridgehead atoms. The van der Waals surface area contributed by atoms with Crippen LogP contribution in [0.2, 0.25) is 0 Å². The van der Waals surface area contributed by atoms with E-state index in [1.54, 1.807) is 5.38 Å². The summed E-state index contributed by atoms with van der Waals surface area (Å²) in [4.78, 5) is 17.5. The molecule has 8 nitrogen and oxygen atoms in total. The predicted octanol–water partition coefficient (Wildman–Crippen LogP) is 6.35. The van der Waals surface area contributed by atoms with Crippen LogP contribution in [0.1, 0.15) is 29.3 Å². The van der Waals surface area contributed by atoms with Gasteiger partial charge in [-0.3, -0.25) is 14.4 Å². The number of rotatable bonds is 7. The molecule has 0 atom stereocenters. The molecule has 1 aliphatic rings. The molecule has 1 N–H and O–H groups in total. The van der Waals surface area contributed by atoms with Crippen LogP contribution in [0.15, 0.2) is 87.5 Å². The molecule has 6 rings (SSSR count). The number of hydrogen-bond acceptors (Lipinski definition) is 7. The van der Waals surface area contributed by atoms with Gasteiger partial charge >= 0.3 is 0 Å². The molecular formula is C29H25N3O5S2. The monoisotopic (exact) mass is 559 g/mol. The number of carbonyl (C=O) groups is 1. The fourth-order valence-electron chi connectivity index (χ4n) is 4.70. The van der Waals surface area contributed by atoms with Gasteiger partial charge in [0.15, 0.2) is 22.2 Å². The highest BCUT2D eigenvalue weighted by molar-refractivity contribution is 7.92. The maximum atomic E-state index is 13.4. The van der Waals surface area contributed by atoms with Crippen molar-refractivity contribution in [2.45, 2.75) is 24.7 Å². The third-order valence-corrected chi connectivity index (χ3v) is 9.14. The summed E-state index contributed by atoms with van der Waals surface area (Å²) >= 11 is 1.27. The van der Waals surface area contributed by atoms with E-state index in [4.69, 9.17) is 9.15 Å². The minimum atomic E-state index is -3.75. The van der Waals surface area contributed by atoms with Crippen molar-refractivity contribution in [1.29, 1.82) is 0 Å². The molecule has 1 amide bonds. The molecule has 10 heteroatoms. The van der Waals surface area contributed by atoms with Gasteiger partial charge in [-0.05, 0) is 67.8 Å². The van der Waals surface area contributed by atoms with Crippen molar-refractivity contribution >= 4 is 49.1 Å². The van der Waals surface area contributed by atoms with Crippen LogP contribution in [-0.4, -0.2) is 32.5 Å². The SMILES string of the molecule is CCOc1cccc2cc(-c3csc(NC(=O)c4ccc(S(=O)(=O)N5CCCc6ccccc65)cc4)n3)oc12. The van der Waals surface area contributed by atoms with Gasteiger partial charge in [0.05, 0.1) is 17.2 Å². The van der Waals surface area contributed by atoms with Gasteiger partial charge in [0.1, 0.15) is 5.69 Å². The molecule has 39 heavy (non-hydrogen) atoms. The largest absolute Gasteiger partial charge is 0.490 e. The van der Waals surface area contributed by atoms with Crippen molar-refractivity contribution in [3.05, 3.63) is 89.3 Å². The highest BCUT2D eigenvalue weighted by Gasteiger charge is 2.29. The summed E-state index contributed by atoms with van der Waals surface area (Å²) in [6, 6.07) is 21.1. The Morgan fingerprint density at radius 2 is 1.92 bits per heavy atom. The molecule has 0 fully saturated rings. The summed E-state index contributed by atoms with van der Waals surface area (Å²) in [7, 11) is -3.75. The zero-order valence-electron chi connectivity index (χ0n) is 21.1. The van der Waals surface area contributed by atoms with E-state index in [2.05, 4.69) is 10.3 Å². The number of para-hydroxylation sites is 2. The fraction of sp³-hybridized carbons (Fsp3) is 0.172. The lowest BCUT2D eigenvalue weighted by Gasteiger charge is -2.30. The summed E-state index contributed by atoms with van der Waals surface area (Å²) in [5.41, 5.74) is 3.30. The van der Waals surface area contributed by atoms with Crippen LogP contribution in [0.3, 0.4) is 0 Å².